The number of β-amino-alcohol motifs (C(OH)–C–C–N with tert-alkyl or cyclic N) is 2. The molecule has 2 saturated heterocycles. The minimum atomic E-state index is -0.461. The number of aliphatic hydroxyl groups is 2. The lowest BCUT2D eigenvalue weighted by Crippen LogP contribution is -2.49. The summed E-state index contributed by atoms with van der Waals surface area (Å²) in [6.45, 7) is 5.34. The Bertz CT molecular complexity index is 490. The fourth-order valence-electron chi connectivity index (χ4n) is 3.01. The van der Waals surface area contributed by atoms with Gasteiger partial charge in [-0.3, -0.25) is 9.80 Å². The van der Waals surface area contributed by atoms with Crippen LogP contribution in [-0.2, 0) is 6.54 Å². The maximum atomic E-state index is 10.2. The molecule has 2 aliphatic heterocycles. The van der Waals surface area contributed by atoms with Crippen LogP contribution in [0.15, 0.2) is 24.3 Å². The summed E-state index contributed by atoms with van der Waals surface area (Å²) in [6, 6.07) is 7.96. The number of likely N-dealkylation sites (tertiary alicyclic amines) is 1. The number of aliphatic hydroxyl groups excluding tert-OH is 2. The molecule has 0 unspecified atom stereocenters. The maximum absolute atomic E-state index is 10.2. The van der Waals surface area contributed by atoms with E-state index in [1.807, 2.05) is 36.0 Å². The van der Waals surface area contributed by atoms with Crippen LogP contribution in [-0.4, -0.2) is 83.1 Å². The van der Waals surface area contributed by atoms with E-state index in [4.69, 9.17) is 4.74 Å². The van der Waals surface area contributed by atoms with Gasteiger partial charge in [0.25, 0.3) is 0 Å². The Hall–Kier alpha value is -0.790. The van der Waals surface area contributed by atoms with Crippen molar-refractivity contribution in [1.82, 2.24) is 9.80 Å². The molecule has 1 aromatic carbocycles. The van der Waals surface area contributed by atoms with E-state index in [0.29, 0.717) is 13.2 Å². The normalized spacial score (nSPS) is 21.8. The van der Waals surface area contributed by atoms with E-state index in [2.05, 4.69) is 9.80 Å². The van der Waals surface area contributed by atoms with Gasteiger partial charge in [-0.05, 0) is 6.07 Å². The van der Waals surface area contributed by atoms with Gasteiger partial charge in [0.2, 0.25) is 0 Å². The molecule has 0 bridgehead atoms. The summed E-state index contributed by atoms with van der Waals surface area (Å²) in [5.74, 6) is 3.14. The third-order valence-corrected chi connectivity index (χ3v) is 5.25. The largest absolute Gasteiger partial charge is 0.491 e. The van der Waals surface area contributed by atoms with Crippen LogP contribution >= 0.6 is 11.8 Å². The van der Waals surface area contributed by atoms with Crippen molar-refractivity contribution in [2.24, 2.45) is 0 Å². The molecular formula is C17H26N2O3S. The quantitative estimate of drug-likeness (QED) is 0.761. The van der Waals surface area contributed by atoms with Gasteiger partial charge in [-0.1, -0.05) is 18.2 Å². The SMILES string of the molecule is OC1CN(Cc2ccccc2OC[C@@H](O)CN2CCSCC2)C1. The van der Waals surface area contributed by atoms with Crippen molar-refractivity contribution in [3.8, 4) is 5.75 Å². The van der Waals surface area contributed by atoms with Crippen LogP contribution in [0.25, 0.3) is 0 Å². The minimum Gasteiger partial charge on any atom is -0.491 e. The van der Waals surface area contributed by atoms with Gasteiger partial charge in [0.05, 0.1) is 6.10 Å². The molecule has 2 N–H and O–H groups in total. The Kier molecular flexibility index (Phi) is 6.19. The number of benzene rings is 1. The minimum absolute atomic E-state index is 0.187. The van der Waals surface area contributed by atoms with E-state index in [0.717, 1.165) is 55.5 Å². The summed E-state index contributed by atoms with van der Waals surface area (Å²) < 4.78 is 5.87. The van der Waals surface area contributed by atoms with Crippen molar-refractivity contribution in [3.63, 3.8) is 0 Å². The molecule has 1 aromatic rings. The van der Waals surface area contributed by atoms with Gasteiger partial charge in [0.15, 0.2) is 0 Å². The predicted octanol–water partition coefficient (Wildman–Crippen LogP) is 0.652. The summed E-state index contributed by atoms with van der Waals surface area (Å²) in [7, 11) is 0. The number of thioether (sulfide) groups is 1. The topological polar surface area (TPSA) is 56.2 Å². The summed E-state index contributed by atoms with van der Waals surface area (Å²) in [6.07, 6.45) is -0.649. The molecule has 2 aliphatic rings. The molecule has 0 radical (unpaired) electrons. The van der Waals surface area contributed by atoms with E-state index in [-0.39, 0.29) is 6.10 Å². The first-order valence-corrected chi connectivity index (χ1v) is 9.45. The molecule has 2 fully saturated rings. The second-order valence-corrected chi connectivity index (χ2v) is 7.56. The highest BCUT2D eigenvalue weighted by Gasteiger charge is 2.25. The number of rotatable bonds is 7. The molecule has 3 rings (SSSR count). The zero-order valence-electron chi connectivity index (χ0n) is 13.4. The highest BCUT2D eigenvalue weighted by Crippen LogP contribution is 2.22. The lowest BCUT2D eigenvalue weighted by Gasteiger charge is -2.36. The van der Waals surface area contributed by atoms with Crippen molar-refractivity contribution in [2.45, 2.75) is 18.8 Å². The van der Waals surface area contributed by atoms with Crippen LogP contribution in [0.1, 0.15) is 5.56 Å². The molecule has 2 heterocycles. The smallest absolute Gasteiger partial charge is 0.123 e. The van der Waals surface area contributed by atoms with E-state index in [1.54, 1.807) is 0 Å². The number of hydrogen-bond acceptors (Lipinski definition) is 6. The van der Waals surface area contributed by atoms with E-state index in [9.17, 15) is 10.2 Å². The number of para-hydroxylation sites is 1. The number of hydrogen-bond donors (Lipinski definition) is 2. The maximum Gasteiger partial charge on any atom is 0.123 e. The first-order chi connectivity index (χ1) is 11.2. The molecule has 0 saturated carbocycles. The van der Waals surface area contributed by atoms with E-state index < -0.39 is 6.10 Å². The molecule has 128 valence electrons. The van der Waals surface area contributed by atoms with Crippen molar-refractivity contribution < 1.29 is 14.9 Å². The van der Waals surface area contributed by atoms with E-state index in [1.165, 1.54) is 0 Å². The van der Waals surface area contributed by atoms with Gasteiger partial charge in [0, 0.05) is 56.3 Å². The molecular weight excluding hydrogens is 312 g/mol. The van der Waals surface area contributed by atoms with Gasteiger partial charge in [-0.2, -0.15) is 11.8 Å². The Morgan fingerprint density at radius 3 is 2.65 bits per heavy atom. The molecule has 0 spiro atoms. The van der Waals surface area contributed by atoms with Gasteiger partial charge in [-0.15, -0.1) is 0 Å². The fourth-order valence-corrected chi connectivity index (χ4v) is 3.99. The van der Waals surface area contributed by atoms with Gasteiger partial charge < -0.3 is 14.9 Å². The zero-order chi connectivity index (χ0) is 16.1. The first kappa shape index (κ1) is 17.0. The Labute approximate surface area is 142 Å². The standard InChI is InChI=1S/C17H26N2O3S/c20-15-10-19(11-15)9-14-3-1-2-4-17(14)22-13-16(21)12-18-5-7-23-8-6-18/h1-4,15-16,20-21H,5-13H2/t16-/m0/s1. The summed E-state index contributed by atoms with van der Waals surface area (Å²) in [4.78, 5) is 4.49. The number of ether oxygens (including phenoxy) is 1. The Balaban J connectivity index is 1.47. The van der Waals surface area contributed by atoms with Crippen LogP contribution in [0.3, 0.4) is 0 Å². The second kappa shape index (κ2) is 8.35. The lowest BCUT2D eigenvalue weighted by atomic mass is 10.1. The van der Waals surface area contributed by atoms with Crippen molar-refractivity contribution in [2.75, 3.05) is 50.8 Å². The third-order valence-electron chi connectivity index (χ3n) is 4.31. The third kappa shape index (κ3) is 5.09. The molecule has 0 aliphatic carbocycles. The average molecular weight is 338 g/mol. The van der Waals surface area contributed by atoms with Crippen LogP contribution in [0.4, 0.5) is 0 Å². The first-order valence-electron chi connectivity index (χ1n) is 8.30. The number of nitrogens with zero attached hydrogens (tertiary/aromatic N) is 2. The summed E-state index contributed by atoms with van der Waals surface area (Å²) >= 11 is 1.97. The van der Waals surface area contributed by atoms with Crippen molar-refractivity contribution in [3.05, 3.63) is 29.8 Å². The molecule has 0 amide bonds. The van der Waals surface area contributed by atoms with Crippen LogP contribution in [0.5, 0.6) is 5.75 Å². The molecule has 0 aromatic heterocycles. The average Bonchev–Trinajstić information content (AvgIpc) is 2.53. The Morgan fingerprint density at radius 2 is 1.91 bits per heavy atom. The van der Waals surface area contributed by atoms with Crippen molar-refractivity contribution >= 4 is 11.8 Å². The monoisotopic (exact) mass is 338 g/mol. The van der Waals surface area contributed by atoms with E-state index >= 15 is 0 Å². The molecule has 23 heavy (non-hydrogen) atoms. The second-order valence-electron chi connectivity index (χ2n) is 6.33. The van der Waals surface area contributed by atoms with Gasteiger partial charge in [0.1, 0.15) is 18.5 Å². The van der Waals surface area contributed by atoms with Crippen molar-refractivity contribution in [1.29, 1.82) is 0 Å². The highest BCUT2D eigenvalue weighted by atomic mass is 32.2. The van der Waals surface area contributed by atoms with Gasteiger partial charge >= 0.3 is 0 Å². The summed E-state index contributed by atoms with van der Waals surface area (Å²) in [5.41, 5.74) is 1.11. The lowest BCUT2D eigenvalue weighted by molar-refractivity contribution is -0.00355. The summed E-state index contributed by atoms with van der Waals surface area (Å²) in [5, 5.41) is 19.6. The highest BCUT2D eigenvalue weighted by molar-refractivity contribution is 7.99. The van der Waals surface area contributed by atoms with Crippen LogP contribution in [0.2, 0.25) is 0 Å². The predicted molar refractivity (Wildman–Crippen MR) is 93.0 cm³/mol. The van der Waals surface area contributed by atoms with Gasteiger partial charge in [-0.25, -0.2) is 0 Å². The van der Waals surface area contributed by atoms with Crippen LogP contribution in [0, 0.1) is 0 Å². The van der Waals surface area contributed by atoms with Crippen LogP contribution < -0.4 is 4.74 Å². The molecule has 5 nitrogen and oxygen atoms in total. The zero-order valence-corrected chi connectivity index (χ0v) is 14.2. The fraction of sp³-hybridized carbons (Fsp3) is 0.647. The molecule has 1 atom stereocenters. The molecule has 6 heteroatoms. The Morgan fingerprint density at radius 1 is 1.17 bits per heavy atom.